The van der Waals surface area contributed by atoms with Crippen LogP contribution in [0.25, 0.3) is 0 Å². The second kappa shape index (κ2) is 5.99. The summed E-state index contributed by atoms with van der Waals surface area (Å²) in [6, 6.07) is 9.14. The van der Waals surface area contributed by atoms with E-state index in [0.29, 0.717) is 0 Å². The molecule has 0 spiro atoms. The molecule has 1 aromatic carbocycles. The van der Waals surface area contributed by atoms with Gasteiger partial charge in [-0.3, -0.25) is 0 Å². The summed E-state index contributed by atoms with van der Waals surface area (Å²) in [5.74, 6) is 1.63. The summed E-state index contributed by atoms with van der Waals surface area (Å²) in [6.07, 6.45) is 12.8. The van der Waals surface area contributed by atoms with Crippen molar-refractivity contribution in [2.24, 2.45) is 5.92 Å². The van der Waals surface area contributed by atoms with Crippen molar-refractivity contribution < 1.29 is 0 Å². The lowest BCUT2D eigenvalue weighted by atomic mass is 9.79. The van der Waals surface area contributed by atoms with Crippen LogP contribution in [-0.4, -0.2) is 0 Å². The Hall–Kier alpha value is -1.30. The van der Waals surface area contributed by atoms with Crippen LogP contribution in [0.2, 0.25) is 0 Å². The van der Waals surface area contributed by atoms with E-state index in [2.05, 4.69) is 50.3 Å². The van der Waals surface area contributed by atoms with Gasteiger partial charge in [-0.15, -0.1) is 0 Å². The molecule has 0 heteroatoms. The van der Waals surface area contributed by atoms with Crippen LogP contribution in [-0.2, 0) is 0 Å². The van der Waals surface area contributed by atoms with Crippen molar-refractivity contribution >= 4 is 0 Å². The Kier molecular flexibility index (Phi) is 4.10. The summed E-state index contributed by atoms with van der Waals surface area (Å²) >= 11 is 0. The fourth-order valence-electron chi connectivity index (χ4n) is 3.52. The molecule has 1 aromatic rings. The van der Waals surface area contributed by atoms with Gasteiger partial charge in [0.1, 0.15) is 0 Å². The lowest BCUT2D eigenvalue weighted by molar-refractivity contribution is 0.509. The van der Waals surface area contributed by atoms with Crippen LogP contribution in [0.5, 0.6) is 0 Å². The van der Waals surface area contributed by atoms with Gasteiger partial charge in [-0.25, -0.2) is 0 Å². The summed E-state index contributed by atoms with van der Waals surface area (Å²) in [5.41, 5.74) is 6.20. The molecule has 0 aromatic heterocycles. The number of aryl methyl sites for hydroxylation is 1. The first-order valence-electron chi connectivity index (χ1n) is 8.17. The summed E-state index contributed by atoms with van der Waals surface area (Å²) in [7, 11) is 0. The van der Waals surface area contributed by atoms with Crippen molar-refractivity contribution in [2.75, 3.05) is 0 Å². The van der Waals surface area contributed by atoms with E-state index in [1.807, 2.05) is 0 Å². The third-order valence-electron chi connectivity index (χ3n) is 5.05. The largest absolute Gasteiger partial charge is 0.0808 e. The molecule has 2 unspecified atom stereocenters. The maximum absolute atomic E-state index is 2.52. The van der Waals surface area contributed by atoms with Crippen LogP contribution in [0.4, 0.5) is 0 Å². The molecule has 2 atom stereocenters. The normalized spacial score (nSPS) is 26.9. The molecule has 20 heavy (non-hydrogen) atoms. The lowest BCUT2D eigenvalue weighted by Gasteiger charge is -2.26. The first-order valence-corrected chi connectivity index (χ1v) is 8.17. The zero-order valence-corrected chi connectivity index (χ0v) is 12.9. The summed E-state index contributed by atoms with van der Waals surface area (Å²) in [5, 5.41) is 0. The van der Waals surface area contributed by atoms with Crippen molar-refractivity contribution in [1.82, 2.24) is 0 Å². The molecule has 0 saturated carbocycles. The predicted octanol–water partition coefficient (Wildman–Crippen LogP) is 5.94. The van der Waals surface area contributed by atoms with Crippen LogP contribution in [0, 0.1) is 12.8 Å². The second-order valence-corrected chi connectivity index (χ2v) is 6.72. The molecular formula is C20H26. The highest BCUT2D eigenvalue weighted by Crippen LogP contribution is 2.37. The van der Waals surface area contributed by atoms with E-state index in [0.717, 1.165) is 11.8 Å². The van der Waals surface area contributed by atoms with E-state index in [4.69, 9.17) is 0 Å². The number of benzene rings is 1. The van der Waals surface area contributed by atoms with Gasteiger partial charge in [0.2, 0.25) is 0 Å². The highest BCUT2D eigenvalue weighted by Gasteiger charge is 2.19. The minimum Gasteiger partial charge on any atom is -0.0808 e. The molecule has 0 amide bonds. The zero-order chi connectivity index (χ0) is 13.9. The van der Waals surface area contributed by atoms with Gasteiger partial charge in [0.15, 0.2) is 0 Å². The summed E-state index contributed by atoms with van der Waals surface area (Å²) in [6.45, 7) is 4.54. The Labute approximate surface area is 123 Å². The molecule has 0 bridgehead atoms. The molecule has 0 saturated heterocycles. The molecular weight excluding hydrogens is 240 g/mol. The van der Waals surface area contributed by atoms with Gasteiger partial charge >= 0.3 is 0 Å². The Morgan fingerprint density at radius 3 is 2.05 bits per heavy atom. The second-order valence-electron chi connectivity index (χ2n) is 6.72. The standard InChI is InChI=1S/C20H26/c1-15-3-7-17(8-4-15)19-11-13-20(14-12-19)18-9-5-16(2)6-10-18/h3-4,7-9,13,16,19H,5-6,10-12,14H2,1-2H3. The average molecular weight is 266 g/mol. The molecule has 0 radical (unpaired) electrons. The van der Waals surface area contributed by atoms with E-state index in [1.54, 1.807) is 11.1 Å². The number of allylic oxidation sites excluding steroid dienone is 4. The van der Waals surface area contributed by atoms with Gasteiger partial charge in [-0.1, -0.05) is 48.9 Å². The molecule has 0 nitrogen and oxygen atoms in total. The molecule has 0 aliphatic heterocycles. The minimum atomic E-state index is 0.738. The Morgan fingerprint density at radius 1 is 0.850 bits per heavy atom. The molecule has 106 valence electrons. The third kappa shape index (κ3) is 3.06. The SMILES string of the molecule is Cc1ccc(C2CC=C(C3=CCC(C)CC3)CC2)cc1. The molecule has 0 fully saturated rings. The van der Waals surface area contributed by atoms with Gasteiger partial charge in [-0.2, -0.15) is 0 Å². The lowest BCUT2D eigenvalue weighted by Crippen LogP contribution is -2.09. The van der Waals surface area contributed by atoms with Crippen molar-refractivity contribution in [3.8, 4) is 0 Å². The van der Waals surface area contributed by atoms with Gasteiger partial charge in [0.05, 0.1) is 0 Å². The fourth-order valence-corrected chi connectivity index (χ4v) is 3.52. The highest BCUT2D eigenvalue weighted by molar-refractivity contribution is 5.35. The van der Waals surface area contributed by atoms with Gasteiger partial charge in [-0.05, 0) is 74.0 Å². The molecule has 0 heterocycles. The Balaban J connectivity index is 1.67. The van der Waals surface area contributed by atoms with Crippen molar-refractivity contribution in [3.63, 3.8) is 0 Å². The monoisotopic (exact) mass is 266 g/mol. The summed E-state index contributed by atoms with van der Waals surface area (Å²) in [4.78, 5) is 0. The highest BCUT2D eigenvalue weighted by atomic mass is 14.2. The van der Waals surface area contributed by atoms with Crippen LogP contribution in [0.15, 0.2) is 47.6 Å². The summed E-state index contributed by atoms with van der Waals surface area (Å²) < 4.78 is 0. The average Bonchev–Trinajstić information content (AvgIpc) is 2.49. The van der Waals surface area contributed by atoms with E-state index in [1.165, 1.54) is 49.7 Å². The number of hydrogen-bond donors (Lipinski definition) is 0. The van der Waals surface area contributed by atoms with E-state index in [9.17, 15) is 0 Å². The number of rotatable bonds is 2. The smallest absolute Gasteiger partial charge is 0.0124 e. The molecule has 2 aliphatic rings. The number of hydrogen-bond acceptors (Lipinski definition) is 0. The first-order chi connectivity index (χ1) is 9.72. The fraction of sp³-hybridized carbons (Fsp3) is 0.500. The quantitative estimate of drug-likeness (QED) is 0.622. The Bertz CT molecular complexity index is 515. The molecule has 2 aliphatic carbocycles. The van der Waals surface area contributed by atoms with E-state index in [-0.39, 0.29) is 0 Å². The maximum Gasteiger partial charge on any atom is -0.0124 e. The predicted molar refractivity (Wildman–Crippen MR) is 87.0 cm³/mol. The third-order valence-corrected chi connectivity index (χ3v) is 5.05. The zero-order valence-electron chi connectivity index (χ0n) is 12.9. The topological polar surface area (TPSA) is 0 Å². The van der Waals surface area contributed by atoms with Gasteiger partial charge in [0, 0.05) is 0 Å². The van der Waals surface area contributed by atoms with Crippen molar-refractivity contribution in [2.45, 2.75) is 58.3 Å². The van der Waals surface area contributed by atoms with E-state index < -0.39 is 0 Å². The van der Waals surface area contributed by atoms with Gasteiger partial charge < -0.3 is 0 Å². The molecule has 0 N–H and O–H groups in total. The maximum atomic E-state index is 2.52. The van der Waals surface area contributed by atoms with Crippen LogP contribution >= 0.6 is 0 Å². The Morgan fingerprint density at radius 2 is 1.50 bits per heavy atom. The van der Waals surface area contributed by atoms with Crippen molar-refractivity contribution in [1.29, 1.82) is 0 Å². The van der Waals surface area contributed by atoms with Crippen LogP contribution in [0.3, 0.4) is 0 Å². The minimum absolute atomic E-state index is 0.738. The first kappa shape index (κ1) is 13.7. The van der Waals surface area contributed by atoms with Gasteiger partial charge in [0.25, 0.3) is 0 Å². The molecule has 3 rings (SSSR count). The van der Waals surface area contributed by atoms with Crippen LogP contribution in [0.1, 0.15) is 62.5 Å². The van der Waals surface area contributed by atoms with Crippen LogP contribution < -0.4 is 0 Å². The van der Waals surface area contributed by atoms with Crippen molar-refractivity contribution in [3.05, 3.63) is 58.7 Å². The van der Waals surface area contributed by atoms with E-state index >= 15 is 0 Å².